The summed E-state index contributed by atoms with van der Waals surface area (Å²) in [5, 5.41) is 11.6. The third-order valence-electron chi connectivity index (χ3n) is 4.31. The molecule has 0 bridgehead atoms. The Morgan fingerprint density at radius 1 is 0.897 bits per heavy atom. The Morgan fingerprint density at radius 2 is 1.55 bits per heavy atom. The number of hydrogen-bond donors (Lipinski definition) is 1. The highest BCUT2D eigenvalue weighted by molar-refractivity contribution is 6.05. The molecule has 146 valence electrons. The van der Waals surface area contributed by atoms with Crippen LogP contribution < -0.4 is 14.8 Å². The van der Waals surface area contributed by atoms with Crippen LogP contribution in [0.25, 0.3) is 16.7 Å². The molecule has 0 fully saturated rings. The highest BCUT2D eigenvalue weighted by Gasteiger charge is 2.12. The summed E-state index contributed by atoms with van der Waals surface area (Å²) in [7, 11) is 3.05. The number of anilines is 1. The van der Waals surface area contributed by atoms with Crippen LogP contribution in [0.5, 0.6) is 11.5 Å². The molecule has 0 saturated carbocycles. The van der Waals surface area contributed by atoms with Gasteiger partial charge in [0.25, 0.3) is 5.91 Å². The van der Waals surface area contributed by atoms with Gasteiger partial charge >= 0.3 is 0 Å². The van der Waals surface area contributed by atoms with E-state index in [0.29, 0.717) is 39.5 Å². The maximum absolute atomic E-state index is 13.1. The minimum atomic E-state index is -0.329. The Balaban J connectivity index is 1.60. The number of aromatic nitrogens is 3. The molecule has 29 heavy (non-hydrogen) atoms. The first-order valence-electron chi connectivity index (χ1n) is 8.73. The van der Waals surface area contributed by atoms with Crippen molar-refractivity contribution in [1.82, 2.24) is 15.0 Å². The van der Waals surface area contributed by atoms with E-state index in [9.17, 15) is 9.18 Å². The molecule has 1 amide bonds. The first-order chi connectivity index (χ1) is 14.1. The fraction of sp³-hybridized carbons (Fsp3) is 0.0952. The van der Waals surface area contributed by atoms with Crippen molar-refractivity contribution in [3.63, 3.8) is 0 Å². The number of ether oxygens (including phenoxy) is 2. The number of nitrogens with zero attached hydrogens (tertiary/aromatic N) is 3. The van der Waals surface area contributed by atoms with Gasteiger partial charge < -0.3 is 14.8 Å². The van der Waals surface area contributed by atoms with Gasteiger partial charge in [0.05, 0.1) is 19.9 Å². The maximum atomic E-state index is 13.1. The number of methoxy groups -OCH3 is 2. The molecule has 0 aliphatic carbocycles. The van der Waals surface area contributed by atoms with Gasteiger partial charge in [0.1, 0.15) is 28.3 Å². The molecular formula is C21H17FN4O3. The number of fused-ring (bicyclic) bond motifs is 1. The van der Waals surface area contributed by atoms with E-state index in [1.54, 1.807) is 48.5 Å². The Kier molecular flexibility index (Phi) is 4.82. The van der Waals surface area contributed by atoms with Crippen LogP contribution in [0, 0.1) is 5.82 Å². The predicted molar refractivity (Wildman–Crippen MR) is 106 cm³/mol. The fourth-order valence-electron chi connectivity index (χ4n) is 2.82. The zero-order valence-electron chi connectivity index (χ0n) is 15.7. The summed E-state index contributed by atoms with van der Waals surface area (Å²) in [6, 6.07) is 16.0. The van der Waals surface area contributed by atoms with Crippen molar-refractivity contribution in [3.8, 4) is 17.2 Å². The van der Waals surface area contributed by atoms with E-state index in [-0.39, 0.29) is 11.7 Å². The highest BCUT2D eigenvalue weighted by atomic mass is 19.1. The second kappa shape index (κ2) is 7.59. The van der Waals surface area contributed by atoms with Crippen LogP contribution in [0.3, 0.4) is 0 Å². The van der Waals surface area contributed by atoms with Crippen LogP contribution >= 0.6 is 0 Å². The van der Waals surface area contributed by atoms with Crippen molar-refractivity contribution in [2.75, 3.05) is 19.5 Å². The quantitative estimate of drug-likeness (QED) is 0.559. The Labute approximate surface area is 165 Å². The molecule has 8 heteroatoms. The van der Waals surface area contributed by atoms with Crippen LogP contribution in [0.2, 0.25) is 0 Å². The average Bonchev–Trinajstić information content (AvgIpc) is 3.17. The van der Waals surface area contributed by atoms with E-state index >= 15 is 0 Å². The molecule has 3 aromatic carbocycles. The minimum Gasteiger partial charge on any atom is -0.497 e. The molecule has 0 aliphatic heterocycles. The van der Waals surface area contributed by atoms with Crippen molar-refractivity contribution < 1.29 is 18.7 Å². The van der Waals surface area contributed by atoms with E-state index in [1.165, 1.54) is 31.1 Å². The van der Waals surface area contributed by atoms with Gasteiger partial charge in [0, 0.05) is 17.3 Å². The lowest BCUT2D eigenvalue weighted by Crippen LogP contribution is -2.12. The normalized spacial score (nSPS) is 10.7. The van der Waals surface area contributed by atoms with Gasteiger partial charge in [-0.3, -0.25) is 4.79 Å². The van der Waals surface area contributed by atoms with Gasteiger partial charge in [-0.25, -0.2) is 4.39 Å². The van der Waals surface area contributed by atoms with E-state index < -0.39 is 0 Å². The first kappa shape index (κ1) is 18.4. The van der Waals surface area contributed by atoms with Crippen LogP contribution in [-0.2, 0) is 0 Å². The summed E-state index contributed by atoms with van der Waals surface area (Å²) in [5.41, 5.74) is 2.84. The number of halogens is 1. The van der Waals surface area contributed by atoms with Crippen LogP contribution in [0.1, 0.15) is 10.4 Å². The average molecular weight is 392 g/mol. The zero-order chi connectivity index (χ0) is 20.4. The molecule has 0 unspecified atom stereocenters. The number of carbonyl (C=O) groups excluding carboxylic acids is 1. The molecule has 4 aromatic rings. The van der Waals surface area contributed by atoms with Crippen molar-refractivity contribution in [2.45, 2.75) is 0 Å². The van der Waals surface area contributed by atoms with Gasteiger partial charge in [-0.1, -0.05) is 0 Å². The summed E-state index contributed by atoms with van der Waals surface area (Å²) in [6.45, 7) is 0. The summed E-state index contributed by atoms with van der Waals surface area (Å²) in [4.78, 5) is 14.1. The summed E-state index contributed by atoms with van der Waals surface area (Å²) < 4.78 is 23.5. The van der Waals surface area contributed by atoms with Crippen molar-refractivity contribution in [1.29, 1.82) is 0 Å². The molecule has 0 aliphatic rings. The first-order valence-corrected chi connectivity index (χ1v) is 8.73. The number of rotatable bonds is 5. The summed E-state index contributed by atoms with van der Waals surface area (Å²) >= 11 is 0. The van der Waals surface area contributed by atoms with Gasteiger partial charge in [-0.05, 0) is 54.6 Å². The molecule has 1 N–H and O–H groups in total. The molecule has 0 atom stereocenters. The predicted octanol–water partition coefficient (Wildman–Crippen LogP) is 3.83. The van der Waals surface area contributed by atoms with Crippen molar-refractivity contribution in [2.24, 2.45) is 0 Å². The molecule has 0 radical (unpaired) electrons. The zero-order valence-corrected chi connectivity index (χ0v) is 15.7. The van der Waals surface area contributed by atoms with E-state index in [1.807, 2.05) is 0 Å². The number of nitrogens with one attached hydrogen (secondary N) is 1. The van der Waals surface area contributed by atoms with E-state index in [4.69, 9.17) is 9.47 Å². The van der Waals surface area contributed by atoms with Gasteiger partial charge in [-0.2, -0.15) is 4.80 Å². The lowest BCUT2D eigenvalue weighted by Gasteiger charge is -2.09. The summed E-state index contributed by atoms with van der Waals surface area (Å²) in [6.07, 6.45) is 0. The molecular weight excluding hydrogens is 375 g/mol. The molecule has 7 nitrogen and oxygen atoms in total. The molecule has 4 rings (SSSR count). The maximum Gasteiger partial charge on any atom is 0.255 e. The van der Waals surface area contributed by atoms with E-state index in [0.717, 1.165) is 0 Å². The third-order valence-corrected chi connectivity index (χ3v) is 4.31. The topological polar surface area (TPSA) is 78.3 Å². The molecule has 0 saturated heterocycles. The SMILES string of the molecule is COc1cc(OC)cc(C(=O)Nc2ccc3nn(-c4ccc(F)cc4)nc3c2)c1. The summed E-state index contributed by atoms with van der Waals surface area (Å²) in [5.74, 6) is 0.400. The van der Waals surface area contributed by atoms with E-state index in [2.05, 4.69) is 15.5 Å². The molecule has 1 aromatic heterocycles. The minimum absolute atomic E-state index is 0.313. The fourth-order valence-corrected chi connectivity index (χ4v) is 2.82. The highest BCUT2D eigenvalue weighted by Crippen LogP contribution is 2.24. The standard InChI is InChI=1S/C21H17FN4O3/c1-28-17-9-13(10-18(12-17)29-2)21(27)23-15-5-8-19-20(11-15)25-26(24-19)16-6-3-14(22)4-7-16/h3-12H,1-2H3,(H,23,27). The Bertz CT molecular complexity index is 1170. The second-order valence-corrected chi connectivity index (χ2v) is 6.22. The third kappa shape index (κ3) is 3.86. The lowest BCUT2D eigenvalue weighted by molar-refractivity contribution is 0.102. The number of amides is 1. The van der Waals surface area contributed by atoms with Gasteiger partial charge in [0.15, 0.2) is 0 Å². The number of carbonyl (C=O) groups is 1. The number of benzene rings is 3. The van der Waals surface area contributed by atoms with Gasteiger partial charge in [0.2, 0.25) is 0 Å². The second-order valence-electron chi connectivity index (χ2n) is 6.22. The van der Waals surface area contributed by atoms with Gasteiger partial charge in [-0.15, -0.1) is 10.2 Å². The Morgan fingerprint density at radius 3 is 2.21 bits per heavy atom. The number of hydrogen-bond acceptors (Lipinski definition) is 5. The van der Waals surface area contributed by atoms with Crippen molar-refractivity contribution in [3.05, 3.63) is 72.0 Å². The van der Waals surface area contributed by atoms with Crippen LogP contribution in [0.15, 0.2) is 60.7 Å². The van der Waals surface area contributed by atoms with Crippen LogP contribution in [-0.4, -0.2) is 35.1 Å². The molecule has 0 spiro atoms. The Hall–Kier alpha value is -3.94. The smallest absolute Gasteiger partial charge is 0.255 e. The van der Waals surface area contributed by atoms with Crippen molar-refractivity contribution >= 4 is 22.6 Å². The largest absolute Gasteiger partial charge is 0.497 e. The lowest BCUT2D eigenvalue weighted by atomic mass is 10.1. The monoisotopic (exact) mass is 392 g/mol. The molecule has 1 heterocycles. The van der Waals surface area contributed by atoms with Crippen LogP contribution in [0.4, 0.5) is 10.1 Å².